The number of nitrogens with zero attached hydrogens (tertiary/aromatic N) is 3. The molecular formula is C32H25F3N4O2S. The molecule has 0 unspecified atom stereocenters. The number of rotatable bonds is 9. The van der Waals surface area contributed by atoms with Crippen LogP contribution in [-0.4, -0.2) is 24.2 Å². The number of benzene rings is 3. The fourth-order valence-electron chi connectivity index (χ4n) is 4.67. The highest BCUT2D eigenvalue weighted by Crippen LogP contribution is 2.47. The molecule has 1 saturated carbocycles. The van der Waals surface area contributed by atoms with Gasteiger partial charge in [-0.05, 0) is 53.3 Å². The first-order chi connectivity index (χ1) is 20.3. The third-order valence-electron chi connectivity index (χ3n) is 6.89. The number of carbonyl (C=O) groups is 1. The molecule has 1 aliphatic rings. The lowest BCUT2D eigenvalue weighted by Crippen LogP contribution is -2.20. The Balaban J connectivity index is 1.33. The van der Waals surface area contributed by atoms with Crippen LogP contribution in [0.4, 0.5) is 13.2 Å². The molecule has 1 fully saturated rings. The number of pyridine rings is 1. The Morgan fingerprint density at radius 2 is 1.83 bits per heavy atom. The van der Waals surface area contributed by atoms with Gasteiger partial charge in [-0.3, -0.25) is 4.79 Å². The predicted molar refractivity (Wildman–Crippen MR) is 155 cm³/mol. The molecule has 5 rings (SSSR count). The summed E-state index contributed by atoms with van der Waals surface area (Å²) in [5, 5.41) is 14.0. The Hall–Kier alpha value is -4.62. The smallest absolute Gasteiger partial charge is 0.433 e. The maximum Gasteiger partial charge on any atom is 0.433 e. The van der Waals surface area contributed by atoms with Gasteiger partial charge in [-0.1, -0.05) is 60.7 Å². The van der Waals surface area contributed by atoms with Crippen LogP contribution in [0.5, 0.6) is 5.75 Å². The number of hydrazone groups is 1. The summed E-state index contributed by atoms with van der Waals surface area (Å²) in [7, 11) is 1.49. The first-order valence-corrected chi connectivity index (χ1v) is 14.0. The molecule has 6 nitrogen and oxygen atoms in total. The number of alkyl halides is 3. The Bertz CT molecular complexity index is 1650. The molecule has 2 atom stereocenters. The zero-order chi connectivity index (χ0) is 29.7. The van der Waals surface area contributed by atoms with E-state index in [1.54, 1.807) is 48.5 Å². The molecule has 1 N–H and O–H groups in total. The van der Waals surface area contributed by atoms with Crippen molar-refractivity contribution in [3.05, 3.63) is 113 Å². The first-order valence-electron chi connectivity index (χ1n) is 13.0. The SMILES string of the molecule is COc1ccc(/C=N\NC(=O)[C@H]2C[C@@H]2c2ccccc2)cc1CSc1nc(C(F)(F)F)cc(-c2ccccc2)c1C#N. The number of ether oxygens (including phenoxy) is 1. The van der Waals surface area contributed by atoms with E-state index in [-0.39, 0.29) is 39.6 Å². The molecule has 0 bridgehead atoms. The zero-order valence-electron chi connectivity index (χ0n) is 22.4. The minimum atomic E-state index is -4.69. The Morgan fingerprint density at radius 1 is 1.12 bits per heavy atom. The molecule has 0 radical (unpaired) electrons. The van der Waals surface area contributed by atoms with Crippen molar-refractivity contribution < 1.29 is 22.7 Å². The summed E-state index contributed by atoms with van der Waals surface area (Å²) in [6.45, 7) is 0. The zero-order valence-corrected chi connectivity index (χ0v) is 23.2. The largest absolute Gasteiger partial charge is 0.496 e. The number of carbonyl (C=O) groups excluding carboxylic acids is 1. The second-order valence-electron chi connectivity index (χ2n) is 9.66. The third kappa shape index (κ3) is 6.64. The molecule has 0 aliphatic heterocycles. The lowest BCUT2D eigenvalue weighted by Gasteiger charge is -2.15. The fourth-order valence-corrected chi connectivity index (χ4v) is 5.65. The van der Waals surface area contributed by atoms with Crippen LogP contribution in [0.25, 0.3) is 11.1 Å². The van der Waals surface area contributed by atoms with Gasteiger partial charge < -0.3 is 4.74 Å². The lowest BCUT2D eigenvalue weighted by atomic mass is 10.0. The Labute approximate surface area is 245 Å². The number of halogens is 3. The molecule has 42 heavy (non-hydrogen) atoms. The number of hydrogen-bond acceptors (Lipinski definition) is 6. The van der Waals surface area contributed by atoms with E-state index in [0.29, 0.717) is 22.4 Å². The normalized spacial score (nSPS) is 16.2. The van der Waals surface area contributed by atoms with Crippen LogP contribution in [0.2, 0.25) is 0 Å². The van der Waals surface area contributed by atoms with Gasteiger partial charge in [-0.25, -0.2) is 10.4 Å². The van der Waals surface area contributed by atoms with Crippen molar-refractivity contribution in [3.8, 4) is 22.9 Å². The number of hydrogen-bond donors (Lipinski definition) is 1. The molecule has 1 aromatic heterocycles. The summed E-state index contributed by atoms with van der Waals surface area (Å²) >= 11 is 1.01. The standard InChI is InChI=1S/C32H25F3N4O2S/c1-41-28-13-12-20(18-37-39-30(40)26-15-24(26)21-8-4-2-5-9-21)14-23(28)19-42-31-27(17-36)25(22-10-6-3-7-11-22)16-29(38-31)32(33,34)35/h2-14,16,18,24,26H,15,19H2,1H3,(H,39,40)/b37-18-/t24-,26+/m1/s1. The van der Waals surface area contributed by atoms with Gasteiger partial charge in [0.15, 0.2) is 0 Å². The van der Waals surface area contributed by atoms with Crippen LogP contribution >= 0.6 is 11.8 Å². The van der Waals surface area contributed by atoms with Gasteiger partial charge >= 0.3 is 6.18 Å². The number of thioether (sulfide) groups is 1. The maximum absolute atomic E-state index is 13.8. The second-order valence-corrected chi connectivity index (χ2v) is 10.6. The van der Waals surface area contributed by atoms with Gasteiger partial charge in [-0.15, -0.1) is 11.8 Å². The number of nitrogens with one attached hydrogen (secondary N) is 1. The van der Waals surface area contributed by atoms with Crippen LogP contribution in [0.3, 0.4) is 0 Å². The minimum absolute atomic E-state index is 0.0306. The summed E-state index contributed by atoms with van der Waals surface area (Å²) in [6, 6.07) is 26.5. The van der Waals surface area contributed by atoms with E-state index in [9.17, 15) is 23.2 Å². The summed E-state index contributed by atoms with van der Waals surface area (Å²) in [6.07, 6.45) is -2.41. The summed E-state index contributed by atoms with van der Waals surface area (Å²) in [5.74, 6) is 0.605. The molecule has 1 amide bonds. The first kappa shape index (κ1) is 28.9. The van der Waals surface area contributed by atoms with Gasteiger partial charge in [0, 0.05) is 22.8 Å². The van der Waals surface area contributed by atoms with Crippen LogP contribution in [0.1, 0.15) is 40.3 Å². The lowest BCUT2D eigenvalue weighted by molar-refractivity contribution is -0.141. The molecule has 1 aliphatic carbocycles. The topological polar surface area (TPSA) is 87.4 Å². The van der Waals surface area contributed by atoms with Crippen molar-refractivity contribution in [2.45, 2.75) is 29.3 Å². The molecule has 0 spiro atoms. The molecular weight excluding hydrogens is 561 g/mol. The second kappa shape index (κ2) is 12.5. The number of amides is 1. The van der Waals surface area contributed by atoms with Crippen LogP contribution in [-0.2, 0) is 16.7 Å². The van der Waals surface area contributed by atoms with E-state index in [2.05, 4.69) is 15.5 Å². The summed E-state index contributed by atoms with van der Waals surface area (Å²) in [5.41, 5.74) is 4.69. The maximum atomic E-state index is 13.8. The van der Waals surface area contributed by atoms with E-state index in [1.807, 2.05) is 36.4 Å². The molecule has 1 heterocycles. The van der Waals surface area contributed by atoms with E-state index in [0.717, 1.165) is 29.8 Å². The number of aromatic nitrogens is 1. The van der Waals surface area contributed by atoms with E-state index in [1.165, 1.54) is 13.3 Å². The number of nitriles is 1. The van der Waals surface area contributed by atoms with Crippen molar-refractivity contribution in [2.24, 2.45) is 11.0 Å². The Kier molecular flexibility index (Phi) is 8.59. The highest BCUT2D eigenvalue weighted by Gasteiger charge is 2.43. The van der Waals surface area contributed by atoms with E-state index < -0.39 is 11.9 Å². The van der Waals surface area contributed by atoms with Gasteiger partial charge in [0.25, 0.3) is 0 Å². The van der Waals surface area contributed by atoms with E-state index in [4.69, 9.17) is 4.74 Å². The Morgan fingerprint density at radius 3 is 2.50 bits per heavy atom. The highest BCUT2D eigenvalue weighted by molar-refractivity contribution is 7.98. The average molecular weight is 587 g/mol. The minimum Gasteiger partial charge on any atom is -0.496 e. The van der Waals surface area contributed by atoms with Gasteiger partial charge in [0.1, 0.15) is 22.5 Å². The van der Waals surface area contributed by atoms with Crippen LogP contribution in [0, 0.1) is 17.2 Å². The van der Waals surface area contributed by atoms with Crippen molar-refractivity contribution in [2.75, 3.05) is 7.11 Å². The van der Waals surface area contributed by atoms with Crippen LogP contribution in [0.15, 0.2) is 95.1 Å². The summed E-state index contributed by atoms with van der Waals surface area (Å²) in [4.78, 5) is 16.3. The third-order valence-corrected chi connectivity index (χ3v) is 7.91. The fraction of sp³-hybridized carbons (Fsp3) is 0.188. The predicted octanol–water partition coefficient (Wildman–Crippen LogP) is 7.19. The molecule has 3 aromatic carbocycles. The molecule has 0 saturated heterocycles. The van der Waals surface area contributed by atoms with Crippen molar-refractivity contribution >= 4 is 23.9 Å². The number of methoxy groups -OCH3 is 1. The highest BCUT2D eigenvalue weighted by atomic mass is 32.2. The van der Waals surface area contributed by atoms with Crippen LogP contribution < -0.4 is 10.2 Å². The molecule has 4 aromatic rings. The quantitative estimate of drug-likeness (QED) is 0.127. The van der Waals surface area contributed by atoms with E-state index >= 15 is 0 Å². The van der Waals surface area contributed by atoms with Gasteiger partial charge in [0.05, 0.1) is 18.9 Å². The van der Waals surface area contributed by atoms with Crippen molar-refractivity contribution in [1.29, 1.82) is 5.26 Å². The van der Waals surface area contributed by atoms with Crippen molar-refractivity contribution in [1.82, 2.24) is 10.4 Å². The average Bonchev–Trinajstić information content (AvgIpc) is 3.81. The van der Waals surface area contributed by atoms with Crippen molar-refractivity contribution in [3.63, 3.8) is 0 Å². The molecule has 10 heteroatoms. The monoisotopic (exact) mass is 586 g/mol. The van der Waals surface area contributed by atoms with Gasteiger partial charge in [0.2, 0.25) is 5.91 Å². The summed E-state index contributed by atoms with van der Waals surface area (Å²) < 4.78 is 46.7. The van der Waals surface area contributed by atoms with Gasteiger partial charge in [-0.2, -0.15) is 23.5 Å². The molecule has 212 valence electrons.